The number of nitrogens with one attached hydrogen (secondary N) is 1. The molecule has 1 aromatic carbocycles. The van der Waals surface area contributed by atoms with Crippen LogP contribution in [0.15, 0.2) is 28.5 Å². The van der Waals surface area contributed by atoms with Crippen LogP contribution in [-0.2, 0) is 27.7 Å². The SMILES string of the molecule is NC(=O)Cc1csc(NS(=O)(=O)c2ccc3c(c2)CCO3)n1. The molecular weight excluding hydrogens is 326 g/mol. The third-order valence-corrected chi connectivity index (χ3v) is 5.37. The average Bonchev–Trinajstić information content (AvgIpc) is 3.05. The number of thiazole rings is 1. The Hall–Kier alpha value is -2.13. The summed E-state index contributed by atoms with van der Waals surface area (Å²) in [6, 6.07) is 4.74. The first-order chi connectivity index (χ1) is 10.4. The molecule has 1 amide bonds. The van der Waals surface area contributed by atoms with E-state index in [1.165, 1.54) is 6.07 Å². The first-order valence-corrected chi connectivity index (χ1v) is 8.81. The number of rotatable bonds is 5. The average molecular weight is 339 g/mol. The number of hydrogen-bond donors (Lipinski definition) is 2. The number of amides is 1. The van der Waals surface area contributed by atoms with Gasteiger partial charge in [-0.05, 0) is 23.8 Å². The summed E-state index contributed by atoms with van der Waals surface area (Å²) in [4.78, 5) is 15.0. The van der Waals surface area contributed by atoms with E-state index in [-0.39, 0.29) is 16.4 Å². The molecule has 0 unspecified atom stereocenters. The Kier molecular flexibility index (Phi) is 3.75. The second-order valence-corrected chi connectivity index (χ2v) is 7.30. The fourth-order valence-corrected chi connectivity index (χ4v) is 4.13. The third-order valence-electron chi connectivity index (χ3n) is 3.10. The van der Waals surface area contributed by atoms with E-state index in [2.05, 4.69) is 9.71 Å². The van der Waals surface area contributed by atoms with Crippen molar-refractivity contribution >= 4 is 32.4 Å². The summed E-state index contributed by atoms with van der Waals surface area (Å²) in [5, 5.41) is 1.80. The molecule has 0 saturated heterocycles. The minimum Gasteiger partial charge on any atom is -0.493 e. The number of benzene rings is 1. The van der Waals surface area contributed by atoms with Gasteiger partial charge in [0.15, 0.2) is 5.13 Å². The van der Waals surface area contributed by atoms with E-state index >= 15 is 0 Å². The first kappa shape index (κ1) is 14.8. The van der Waals surface area contributed by atoms with E-state index in [0.717, 1.165) is 22.6 Å². The summed E-state index contributed by atoms with van der Waals surface area (Å²) in [5.41, 5.74) is 6.39. The molecule has 0 atom stereocenters. The highest BCUT2D eigenvalue weighted by atomic mass is 32.2. The predicted octanol–water partition coefficient (Wildman–Crippen LogP) is 0.907. The van der Waals surface area contributed by atoms with Gasteiger partial charge in [-0.2, -0.15) is 0 Å². The molecule has 0 bridgehead atoms. The van der Waals surface area contributed by atoms with Gasteiger partial charge in [0.2, 0.25) is 5.91 Å². The Labute approximate surface area is 131 Å². The molecular formula is C13H13N3O4S2. The normalized spacial score (nSPS) is 13.5. The maximum absolute atomic E-state index is 12.4. The molecule has 0 spiro atoms. The maximum Gasteiger partial charge on any atom is 0.263 e. The fourth-order valence-electron chi connectivity index (χ4n) is 2.12. The number of nitrogens with zero attached hydrogens (tertiary/aromatic N) is 1. The molecule has 1 aromatic heterocycles. The number of sulfonamides is 1. The van der Waals surface area contributed by atoms with E-state index in [9.17, 15) is 13.2 Å². The number of carbonyl (C=O) groups excluding carboxylic acids is 1. The predicted molar refractivity (Wildman–Crippen MR) is 81.5 cm³/mol. The van der Waals surface area contributed by atoms with Gasteiger partial charge in [0, 0.05) is 11.8 Å². The number of carbonyl (C=O) groups is 1. The second-order valence-electron chi connectivity index (χ2n) is 4.76. The molecule has 7 nitrogen and oxygen atoms in total. The zero-order valence-corrected chi connectivity index (χ0v) is 13.0. The monoisotopic (exact) mass is 339 g/mol. The van der Waals surface area contributed by atoms with E-state index in [1.54, 1.807) is 17.5 Å². The van der Waals surface area contributed by atoms with Crippen LogP contribution in [0.4, 0.5) is 5.13 Å². The first-order valence-electron chi connectivity index (χ1n) is 6.45. The standard InChI is InChI=1S/C13H13N3O4S2/c14-12(17)6-9-7-21-13(15-9)16-22(18,19)10-1-2-11-8(5-10)3-4-20-11/h1-2,5,7H,3-4,6H2,(H2,14,17)(H,15,16). The highest BCUT2D eigenvalue weighted by molar-refractivity contribution is 7.93. The van der Waals surface area contributed by atoms with Gasteiger partial charge < -0.3 is 10.5 Å². The zero-order chi connectivity index (χ0) is 15.7. The van der Waals surface area contributed by atoms with Crippen molar-refractivity contribution in [3.63, 3.8) is 0 Å². The molecule has 9 heteroatoms. The van der Waals surface area contributed by atoms with E-state index in [0.29, 0.717) is 18.7 Å². The Morgan fingerprint density at radius 2 is 2.27 bits per heavy atom. The Morgan fingerprint density at radius 3 is 3.05 bits per heavy atom. The lowest BCUT2D eigenvalue weighted by Crippen LogP contribution is -2.15. The Balaban J connectivity index is 1.81. The van der Waals surface area contributed by atoms with Gasteiger partial charge in [0.1, 0.15) is 5.75 Å². The molecule has 116 valence electrons. The molecule has 3 N–H and O–H groups in total. The Bertz CT molecular complexity index is 830. The van der Waals surface area contributed by atoms with Crippen LogP contribution in [0.5, 0.6) is 5.75 Å². The number of anilines is 1. The summed E-state index contributed by atoms with van der Waals surface area (Å²) in [6.07, 6.45) is 0.674. The van der Waals surface area contributed by atoms with Crippen LogP contribution in [0.1, 0.15) is 11.3 Å². The molecule has 0 fully saturated rings. The van der Waals surface area contributed by atoms with Crippen LogP contribution in [0, 0.1) is 0 Å². The molecule has 0 aliphatic carbocycles. The highest BCUT2D eigenvalue weighted by Crippen LogP contribution is 2.28. The van der Waals surface area contributed by atoms with Gasteiger partial charge in [0.25, 0.3) is 10.0 Å². The number of primary amides is 1. The zero-order valence-electron chi connectivity index (χ0n) is 11.4. The lowest BCUT2D eigenvalue weighted by molar-refractivity contribution is -0.117. The van der Waals surface area contributed by atoms with Crippen molar-refractivity contribution in [2.45, 2.75) is 17.7 Å². The fraction of sp³-hybridized carbons (Fsp3) is 0.231. The van der Waals surface area contributed by atoms with Crippen molar-refractivity contribution in [3.05, 3.63) is 34.8 Å². The lowest BCUT2D eigenvalue weighted by atomic mass is 10.2. The van der Waals surface area contributed by atoms with Gasteiger partial charge in [-0.15, -0.1) is 11.3 Å². The molecule has 1 aliphatic heterocycles. The van der Waals surface area contributed by atoms with Crippen molar-refractivity contribution in [1.29, 1.82) is 0 Å². The van der Waals surface area contributed by atoms with Crippen LogP contribution in [-0.4, -0.2) is 25.9 Å². The van der Waals surface area contributed by atoms with Crippen molar-refractivity contribution in [1.82, 2.24) is 4.98 Å². The molecule has 0 radical (unpaired) electrons. The highest BCUT2D eigenvalue weighted by Gasteiger charge is 2.20. The van der Waals surface area contributed by atoms with Crippen molar-refractivity contribution in [3.8, 4) is 5.75 Å². The Morgan fingerprint density at radius 1 is 1.45 bits per heavy atom. The summed E-state index contributed by atoms with van der Waals surface area (Å²) in [7, 11) is -3.72. The van der Waals surface area contributed by atoms with Gasteiger partial charge in [-0.3, -0.25) is 9.52 Å². The molecule has 2 heterocycles. The third kappa shape index (κ3) is 3.04. The van der Waals surface area contributed by atoms with Gasteiger partial charge >= 0.3 is 0 Å². The van der Waals surface area contributed by atoms with Crippen LogP contribution in [0.2, 0.25) is 0 Å². The molecule has 22 heavy (non-hydrogen) atoms. The van der Waals surface area contributed by atoms with E-state index in [4.69, 9.17) is 10.5 Å². The van der Waals surface area contributed by atoms with E-state index < -0.39 is 15.9 Å². The van der Waals surface area contributed by atoms with Crippen LogP contribution in [0.25, 0.3) is 0 Å². The van der Waals surface area contributed by atoms with Crippen molar-refractivity contribution < 1.29 is 17.9 Å². The van der Waals surface area contributed by atoms with Crippen LogP contribution in [0.3, 0.4) is 0 Å². The number of aromatic nitrogens is 1. The number of ether oxygens (including phenoxy) is 1. The van der Waals surface area contributed by atoms with Crippen molar-refractivity contribution in [2.24, 2.45) is 5.73 Å². The molecule has 2 aromatic rings. The smallest absolute Gasteiger partial charge is 0.263 e. The number of nitrogens with two attached hydrogens (primary N) is 1. The van der Waals surface area contributed by atoms with E-state index in [1.807, 2.05) is 0 Å². The second kappa shape index (κ2) is 5.58. The largest absolute Gasteiger partial charge is 0.493 e. The number of fused-ring (bicyclic) bond motifs is 1. The molecule has 1 aliphatic rings. The summed E-state index contributed by atoms with van der Waals surface area (Å²) >= 11 is 1.10. The summed E-state index contributed by atoms with van der Waals surface area (Å²) < 4.78 is 32.5. The minimum absolute atomic E-state index is 0.0194. The summed E-state index contributed by atoms with van der Waals surface area (Å²) in [6.45, 7) is 0.565. The van der Waals surface area contributed by atoms with Gasteiger partial charge in [-0.1, -0.05) is 0 Å². The quantitative estimate of drug-likeness (QED) is 0.841. The molecule has 0 saturated carbocycles. The van der Waals surface area contributed by atoms with Crippen LogP contribution < -0.4 is 15.2 Å². The molecule has 3 rings (SSSR count). The minimum atomic E-state index is -3.72. The maximum atomic E-state index is 12.4. The van der Waals surface area contributed by atoms with Crippen molar-refractivity contribution in [2.75, 3.05) is 11.3 Å². The van der Waals surface area contributed by atoms with Gasteiger partial charge in [0.05, 0.1) is 23.6 Å². The number of hydrogen-bond acceptors (Lipinski definition) is 6. The van der Waals surface area contributed by atoms with Gasteiger partial charge in [-0.25, -0.2) is 13.4 Å². The topological polar surface area (TPSA) is 111 Å². The van der Waals surface area contributed by atoms with Crippen LogP contribution >= 0.6 is 11.3 Å². The summed E-state index contributed by atoms with van der Waals surface area (Å²) in [5.74, 6) is 0.204. The lowest BCUT2D eigenvalue weighted by Gasteiger charge is -2.06.